The molecule has 33 heavy (non-hydrogen) atoms. The molecule has 1 aromatic carbocycles. The van der Waals surface area contributed by atoms with Gasteiger partial charge in [0.2, 0.25) is 5.91 Å². The first-order chi connectivity index (χ1) is 15.9. The van der Waals surface area contributed by atoms with E-state index in [0.717, 1.165) is 20.6 Å². The maximum absolute atomic E-state index is 13.0. The Balaban J connectivity index is 1.51. The number of carbonyl (C=O) groups is 1. The summed E-state index contributed by atoms with van der Waals surface area (Å²) < 4.78 is 3.93. The fraction of sp³-hybridized carbons (Fsp3) is 0.130. The number of hydrogen-bond donors (Lipinski definition) is 1. The fourth-order valence-corrected chi connectivity index (χ4v) is 5.10. The molecule has 0 fully saturated rings. The van der Waals surface area contributed by atoms with Crippen LogP contribution >= 0.6 is 22.7 Å². The highest BCUT2D eigenvalue weighted by molar-refractivity contribution is 7.13. The van der Waals surface area contributed by atoms with Gasteiger partial charge < -0.3 is 9.88 Å². The zero-order chi connectivity index (χ0) is 23.1. The van der Waals surface area contributed by atoms with Gasteiger partial charge in [-0.3, -0.25) is 18.7 Å². The van der Waals surface area contributed by atoms with Gasteiger partial charge in [0.15, 0.2) is 17.0 Å². The Labute approximate surface area is 196 Å². The number of benzene rings is 1. The van der Waals surface area contributed by atoms with Crippen LogP contribution < -0.4 is 16.6 Å². The predicted octanol–water partition coefficient (Wildman–Crippen LogP) is 3.53. The topological polar surface area (TPSA) is 90.9 Å². The number of carbonyl (C=O) groups excluding carboxylic acids is 1. The largest absolute Gasteiger partial charge is 0.332 e. The van der Waals surface area contributed by atoms with Gasteiger partial charge in [-0.1, -0.05) is 18.2 Å². The van der Waals surface area contributed by atoms with Crippen LogP contribution in [0.25, 0.3) is 33.0 Å². The Kier molecular flexibility index (Phi) is 5.31. The highest BCUT2D eigenvalue weighted by Gasteiger charge is 2.22. The van der Waals surface area contributed by atoms with Crippen molar-refractivity contribution < 1.29 is 4.79 Å². The van der Waals surface area contributed by atoms with Gasteiger partial charge in [-0.05, 0) is 51.5 Å². The number of aromatic nitrogens is 4. The average Bonchev–Trinajstić information content (AvgIpc) is 3.58. The first-order valence-corrected chi connectivity index (χ1v) is 11.9. The summed E-state index contributed by atoms with van der Waals surface area (Å²) >= 11 is 3.08. The number of hydrogen-bond acceptors (Lipinski definition) is 6. The summed E-state index contributed by atoms with van der Waals surface area (Å²) in [6.45, 7) is -0.122. The molecular formula is C23H19N5O3S2. The van der Waals surface area contributed by atoms with E-state index in [1.807, 2.05) is 53.2 Å². The summed E-state index contributed by atoms with van der Waals surface area (Å²) in [7, 11) is 2.98. The number of nitrogens with one attached hydrogen (secondary N) is 1. The average molecular weight is 478 g/mol. The van der Waals surface area contributed by atoms with Crippen LogP contribution in [0.1, 0.15) is 0 Å². The van der Waals surface area contributed by atoms with Crippen molar-refractivity contribution in [1.29, 1.82) is 0 Å². The Morgan fingerprint density at radius 1 is 1.00 bits per heavy atom. The summed E-state index contributed by atoms with van der Waals surface area (Å²) in [4.78, 5) is 43.7. The molecule has 4 heterocycles. The lowest BCUT2D eigenvalue weighted by molar-refractivity contribution is -0.116. The Morgan fingerprint density at radius 3 is 2.45 bits per heavy atom. The highest BCUT2D eigenvalue weighted by atomic mass is 32.1. The van der Waals surface area contributed by atoms with Crippen molar-refractivity contribution in [3.8, 4) is 21.8 Å². The third-order valence-electron chi connectivity index (χ3n) is 5.41. The minimum Gasteiger partial charge on any atom is -0.325 e. The van der Waals surface area contributed by atoms with Crippen molar-refractivity contribution >= 4 is 45.4 Å². The van der Waals surface area contributed by atoms with Gasteiger partial charge in [-0.25, -0.2) is 9.78 Å². The normalized spacial score (nSPS) is 11.2. The molecule has 166 valence electrons. The monoisotopic (exact) mass is 477 g/mol. The van der Waals surface area contributed by atoms with E-state index in [9.17, 15) is 14.4 Å². The van der Waals surface area contributed by atoms with Crippen LogP contribution in [0.5, 0.6) is 0 Å². The minimum absolute atomic E-state index is 0.122. The van der Waals surface area contributed by atoms with Gasteiger partial charge in [-0.15, -0.1) is 11.3 Å². The maximum atomic E-state index is 13.0. The van der Waals surface area contributed by atoms with Gasteiger partial charge in [-0.2, -0.15) is 11.3 Å². The number of imidazole rings is 1. The van der Waals surface area contributed by atoms with Crippen LogP contribution in [0.15, 0.2) is 68.2 Å². The van der Waals surface area contributed by atoms with Crippen molar-refractivity contribution in [2.75, 3.05) is 5.32 Å². The van der Waals surface area contributed by atoms with E-state index in [1.165, 1.54) is 23.0 Å². The molecule has 0 aliphatic rings. The smallest absolute Gasteiger partial charge is 0.325 e. The van der Waals surface area contributed by atoms with Crippen LogP contribution in [-0.4, -0.2) is 24.6 Å². The molecule has 1 N–H and O–H groups in total. The molecule has 0 spiro atoms. The van der Waals surface area contributed by atoms with Crippen LogP contribution in [0.2, 0.25) is 0 Å². The van der Waals surface area contributed by atoms with Crippen LogP contribution in [0.4, 0.5) is 5.69 Å². The Morgan fingerprint density at radius 2 is 1.79 bits per heavy atom. The molecule has 5 rings (SSSR count). The fourth-order valence-electron chi connectivity index (χ4n) is 3.71. The SMILES string of the molecule is Cn1c(=O)c2c(nc(-c3cccs3)n2CC(=O)Nc2ccc(-c3ccsc3)cc2)n(C)c1=O. The van der Waals surface area contributed by atoms with Crippen molar-refractivity contribution in [1.82, 2.24) is 18.7 Å². The number of rotatable bonds is 5. The van der Waals surface area contributed by atoms with E-state index < -0.39 is 11.2 Å². The molecule has 8 nitrogen and oxygen atoms in total. The van der Waals surface area contributed by atoms with E-state index in [1.54, 1.807) is 23.0 Å². The third kappa shape index (κ3) is 3.73. The molecule has 0 saturated heterocycles. The molecule has 0 radical (unpaired) electrons. The zero-order valence-corrected chi connectivity index (χ0v) is 19.4. The van der Waals surface area contributed by atoms with Gasteiger partial charge in [0.1, 0.15) is 6.54 Å². The second kappa shape index (κ2) is 8.30. The molecule has 4 aromatic heterocycles. The molecule has 5 aromatic rings. The number of amides is 1. The molecule has 0 saturated carbocycles. The molecule has 0 aliphatic heterocycles. The molecule has 10 heteroatoms. The van der Waals surface area contributed by atoms with Gasteiger partial charge in [0.25, 0.3) is 5.56 Å². The van der Waals surface area contributed by atoms with E-state index in [2.05, 4.69) is 15.7 Å². The van der Waals surface area contributed by atoms with E-state index in [0.29, 0.717) is 11.5 Å². The Hall–Kier alpha value is -3.76. The third-order valence-corrected chi connectivity index (χ3v) is 6.96. The van der Waals surface area contributed by atoms with Crippen molar-refractivity contribution in [3.63, 3.8) is 0 Å². The van der Waals surface area contributed by atoms with Crippen molar-refractivity contribution in [3.05, 3.63) is 79.4 Å². The molecule has 0 bridgehead atoms. The summed E-state index contributed by atoms with van der Waals surface area (Å²) in [6, 6.07) is 13.4. The molecule has 0 unspecified atom stereocenters. The number of aryl methyl sites for hydroxylation is 1. The van der Waals surface area contributed by atoms with E-state index in [4.69, 9.17) is 0 Å². The van der Waals surface area contributed by atoms with Gasteiger partial charge in [0, 0.05) is 19.8 Å². The lowest BCUT2D eigenvalue weighted by atomic mass is 10.1. The number of anilines is 1. The predicted molar refractivity (Wildman–Crippen MR) is 132 cm³/mol. The molecule has 0 atom stereocenters. The number of thiophene rings is 2. The van der Waals surface area contributed by atoms with Crippen LogP contribution in [0, 0.1) is 0 Å². The Bertz CT molecular complexity index is 1570. The summed E-state index contributed by atoms with van der Waals surface area (Å²) in [5, 5.41) is 8.87. The summed E-state index contributed by atoms with van der Waals surface area (Å²) in [5.74, 6) is 0.174. The highest BCUT2D eigenvalue weighted by Crippen LogP contribution is 2.27. The van der Waals surface area contributed by atoms with Gasteiger partial charge >= 0.3 is 5.69 Å². The number of fused-ring (bicyclic) bond motifs is 1. The lowest BCUT2D eigenvalue weighted by Gasteiger charge is -2.10. The second-order valence-corrected chi connectivity index (χ2v) is 9.24. The number of nitrogens with zero attached hydrogens (tertiary/aromatic N) is 4. The van der Waals surface area contributed by atoms with E-state index in [-0.39, 0.29) is 23.6 Å². The molecule has 1 amide bonds. The first-order valence-electron chi connectivity index (χ1n) is 10.1. The standard InChI is InChI=1S/C23H19N5O3S2/c1-26-21-19(22(30)27(2)23(26)31)28(20(25-21)17-4-3-10-33-17)12-18(29)24-16-7-5-14(6-8-16)15-9-11-32-13-15/h3-11,13H,12H2,1-2H3,(H,24,29). The van der Waals surface area contributed by atoms with Crippen molar-refractivity contribution in [2.45, 2.75) is 6.54 Å². The van der Waals surface area contributed by atoms with Crippen LogP contribution in [0.3, 0.4) is 0 Å². The lowest BCUT2D eigenvalue weighted by Crippen LogP contribution is -2.37. The second-order valence-electron chi connectivity index (χ2n) is 7.51. The quantitative estimate of drug-likeness (QED) is 0.419. The van der Waals surface area contributed by atoms with E-state index >= 15 is 0 Å². The summed E-state index contributed by atoms with van der Waals surface area (Å²) in [5.41, 5.74) is 2.36. The minimum atomic E-state index is -0.490. The first kappa shape index (κ1) is 21.1. The summed E-state index contributed by atoms with van der Waals surface area (Å²) in [6.07, 6.45) is 0. The molecule has 0 aliphatic carbocycles. The van der Waals surface area contributed by atoms with Gasteiger partial charge in [0.05, 0.1) is 4.88 Å². The maximum Gasteiger partial charge on any atom is 0.332 e. The van der Waals surface area contributed by atoms with Crippen molar-refractivity contribution in [2.24, 2.45) is 14.1 Å². The molecular weight excluding hydrogens is 458 g/mol. The zero-order valence-electron chi connectivity index (χ0n) is 17.8. The van der Waals surface area contributed by atoms with Crippen LogP contribution in [-0.2, 0) is 25.4 Å².